The molecule has 0 spiro atoms. The van der Waals surface area contributed by atoms with E-state index in [2.05, 4.69) is 19.9 Å². The van der Waals surface area contributed by atoms with Crippen molar-refractivity contribution < 1.29 is 49.8 Å². The predicted octanol–water partition coefficient (Wildman–Crippen LogP) is 6.03. The number of aromatic nitrogens is 3. The van der Waals surface area contributed by atoms with Gasteiger partial charge in [-0.25, -0.2) is 9.78 Å². The molecule has 3 aromatic rings. The van der Waals surface area contributed by atoms with Crippen LogP contribution in [0.3, 0.4) is 0 Å². The lowest BCUT2D eigenvalue weighted by Crippen LogP contribution is -2.45. The zero-order valence-corrected chi connectivity index (χ0v) is 20.3. The monoisotopic (exact) mass is 557 g/mol. The lowest BCUT2D eigenvalue weighted by Gasteiger charge is -2.32. The highest BCUT2D eigenvalue weighted by atomic mass is 19.4. The smallest absolute Gasteiger partial charge is 0.426 e. The minimum Gasteiger partial charge on any atom is -0.477 e. The average molecular weight is 557 g/mol. The minimum absolute atomic E-state index is 0.0648. The molecule has 39 heavy (non-hydrogen) atoms. The number of rotatable bonds is 4. The molecule has 0 N–H and O–H groups in total. The second-order valence-corrected chi connectivity index (χ2v) is 8.39. The van der Waals surface area contributed by atoms with Gasteiger partial charge in [-0.15, -0.1) is 10.2 Å². The fourth-order valence-corrected chi connectivity index (χ4v) is 3.83. The van der Waals surface area contributed by atoms with Gasteiger partial charge in [0, 0.05) is 0 Å². The van der Waals surface area contributed by atoms with Gasteiger partial charge in [-0.2, -0.15) is 26.3 Å². The van der Waals surface area contributed by atoms with E-state index in [1.165, 1.54) is 12.2 Å². The van der Waals surface area contributed by atoms with Gasteiger partial charge in [0.2, 0.25) is 11.5 Å². The van der Waals surface area contributed by atoms with Crippen molar-refractivity contribution in [1.29, 1.82) is 0 Å². The third-order valence-electron chi connectivity index (χ3n) is 5.81. The summed E-state index contributed by atoms with van der Waals surface area (Å²) in [6.07, 6.45) is -7.90. The Kier molecular flexibility index (Phi) is 7.95. The molecule has 3 heterocycles. The van der Waals surface area contributed by atoms with Crippen LogP contribution in [0.25, 0.3) is 11.6 Å². The van der Waals surface area contributed by atoms with Gasteiger partial charge in [0.25, 0.3) is 11.8 Å². The predicted molar refractivity (Wildman–Crippen MR) is 121 cm³/mol. The maximum atomic E-state index is 14.7. The van der Waals surface area contributed by atoms with Crippen LogP contribution in [0.1, 0.15) is 46.6 Å². The van der Waals surface area contributed by atoms with Gasteiger partial charge in [0.15, 0.2) is 0 Å². The Hall–Kier alpha value is -3.94. The molecule has 2 aromatic heterocycles. The largest absolute Gasteiger partial charge is 0.477 e. The number of pyridine rings is 1. The number of methoxy groups -OCH3 is 1. The molecule has 1 aliphatic heterocycles. The van der Waals surface area contributed by atoms with Crippen molar-refractivity contribution in [3.05, 3.63) is 71.1 Å². The number of hydrogen-bond acceptors (Lipinski definition) is 8. The van der Waals surface area contributed by atoms with Crippen LogP contribution in [0.15, 0.2) is 53.0 Å². The van der Waals surface area contributed by atoms with Crippen molar-refractivity contribution in [2.75, 3.05) is 13.7 Å². The fourth-order valence-electron chi connectivity index (χ4n) is 3.83. The van der Waals surface area contributed by atoms with Crippen LogP contribution in [0.5, 0.6) is 5.88 Å². The molecule has 208 valence electrons. The first-order valence-corrected chi connectivity index (χ1v) is 11.5. The van der Waals surface area contributed by atoms with E-state index in [4.69, 9.17) is 13.9 Å². The zero-order valence-electron chi connectivity index (χ0n) is 20.3. The molecule has 1 aliphatic rings. The number of nitrogens with zero attached hydrogens (tertiary/aromatic N) is 3. The zero-order chi connectivity index (χ0) is 28.3. The van der Waals surface area contributed by atoms with Crippen molar-refractivity contribution in [3.8, 4) is 17.5 Å². The first kappa shape index (κ1) is 28.1. The Bertz CT molecular complexity index is 1340. The molecule has 0 amide bonds. The van der Waals surface area contributed by atoms with E-state index in [1.54, 1.807) is 30.3 Å². The summed E-state index contributed by atoms with van der Waals surface area (Å²) < 4.78 is 106. The van der Waals surface area contributed by atoms with Crippen molar-refractivity contribution in [3.63, 3.8) is 0 Å². The van der Waals surface area contributed by atoms with Crippen molar-refractivity contribution in [2.24, 2.45) is 0 Å². The molecule has 4 rings (SSSR count). The standard InChI is InChI=1S/C25H21F6N3O5/c1-36-21(35)16-13-17(24(26,27)28)19-32-18(16)20-33-34-22(39-20)23(25(29,30)31,11-7-2-3-8-12-37-19)38-14-15-9-5-4-6-10-15/h2-6,9-10,13H,7-8,11-12,14H2,1H3/b3-2-. The fraction of sp³-hybridized carbons (Fsp3) is 0.360. The summed E-state index contributed by atoms with van der Waals surface area (Å²) in [4.78, 5) is 16.1. The van der Waals surface area contributed by atoms with Crippen molar-refractivity contribution in [2.45, 2.75) is 43.8 Å². The van der Waals surface area contributed by atoms with Crippen LogP contribution in [0, 0.1) is 0 Å². The second-order valence-electron chi connectivity index (χ2n) is 8.39. The van der Waals surface area contributed by atoms with Gasteiger partial charge in [0.05, 0.1) is 25.9 Å². The lowest BCUT2D eigenvalue weighted by atomic mass is 9.95. The van der Waals surface area contributed by atoms with Gasteiger partial charge >= 0.3 is 18.3 Å². The Morgan fingerprint density at radius 3 is 2.44 bits per heavy atom. The molecule has 1 atom stereocenters. The quantitative estimate of drug-likeness (QED) is 0.218. The number of fused-ring (bicyclic) bond motifs is 5. The van der Waals surface area contributed by atoms with Crippen LogP contribution in [0.4, 0.5) is 26.3 Å². The van der Waals surface area contributed by atoms with Crippen molar-refractivity contribution >= 4 is 5.97 Å². The number of halogens is 6. The summed E-state index contributed by atoms with van der Waals surface area (Å²) >= 11 is 0. The van der Waals surface area contributed by atoms with E-state index in [0.717, 1.165) is 7.11 Å². The van der Waals surface area contributed by atoms with E-state index >= 15 is 0 Å². The average Bonchev–Trinajstić information content (AvgIpc) is 3.38. The Morgan fingerprint density at radius 2 is 1.77 bits per heavy atom. The molecule has 4 bridgehead atoms. The molecular weight excluding hydrogens is 536 g/mol. The Morgan fingerprint density at radius 1 is 1.05 bits per heavy atom. The molecule has 1 aromatic carbocycles. The van der Waals surface area contributed by atoms with E-state index in [1.807, 2.05) is 0 Å². The third kappa shape index (κ3) is 5.90. The van der Waals surface area contributed by atoms with Crippen LogP contribution in [0.2, 0.25) is 0 Å². The molecule has 0 radical (unpaired) electrons. The molecule has 0 saturated heterocycles. The third-order valence-corrected chi connectivity index (χ3v) is 5.81. The first-order chi connectivity index (χ1) is 18.5. The normalized spacial score (nSPS) is 19.1. The highest BCUT2D eigenvalue weighted by molar-refractivity contribution is 5.95. The van der Waals surface area contributed by atoms with Gasteiger partial charge < -0.3 is 18.6 Å². The van der Waals surface area contributed by atoms with Crippen LogP contribution in [-0.2, 0) is 27.9 Å². The van der Waals surface area contributed by atoms with Crippen molar-refractivity contribution in [1.82, 2.24) is 15.2 Å². The maximum Gasteiger partial charge on any atom is 0.426 e. The van der Waals surface area contributed by atoms with E-state index in [9.17, 15) is 31.1 Å². The molecular formula is C25H21F6N3O5. The highest BCUT2D eigenvalue weighted by Crippen LogP contribution is 2.47. The van der Waals surface area contributed by atoms with Gasteiger partial charge in [0.1, 0.15) is 11.3 Å². The number of carbonyl (C=O) groups excluding carboxylic acids is 1. The van der Waals surface area contributed by atoms with Gasteiger partial charge in [-0.05, 0) is 30.9 Å². The minimum atomic E-state index is -5.05. The maximum absolute atomic E-state index is 14.7. The molecule has 0 saturated carbocycles. The number of benzene rings is 1. The summed E-state index contributed by atoms with van der Waals surface area (Å²) in [7, 11) is 0.910. The SMILES string of the molecule is COC(=O)c1cc(C(F)(F)F)c2nc1-c1nnc(o1)C(OCc1ccccc1)(C(F)(F)F)CC/C=C\CCO2. The molecule has 8 nitrogen and oxygen atoms in total. The van der Waals surface area contributed by atoms with Crippen LogP contribution >= 0.6 is 0 Å². The van der Waals surface area contributed by atoms with E-state index < -0.39 is 71.4 Å². The lowest BCUT2D eigenvalue weighted by molar-refractivity contribution is -0.299. The van der Waals surface area contributed by atoms with E-state index in [0.29, 0.717) is 11.6 Å². The molecule has 0 aliphatic carbocycles. The number of carbonyl (C=O) groups is 1. The van der Waals surface area contributed by atoms with E-state index in [-0.39, 0.29) is 19.4 Å². The molecule has 0 fully saturated rings. The summed E-state index contributed by atoms with van der Waals surface area (Å²) in [5.74, 6) is -3.95. The Labute approximate surface area is 217 Å². The van der Waals surface area contributed by atoms with Gasteiger partial charge in [-0.3, -0.25) is 0 Å². The summed E-state index contributed by atoms with van der Waals surface area (Å²) in [5.41, 5.74) is -5.44. The number of hydrogen-bond donors (Lipinski definition) is 0. The summed E-state index contributed by atoms with van der Waals surface area (Å²) in [6, 6.07) is 8.51. The topological polar surface area (TPSA) is 96.6 Å². The van der Waals surface area contributed by atoms with Crippen LogP contribution < -0.4 is 4.74 Å². The highest BCUT2D eigenvalue weighted by Gasteiger charge is 2.61. The number of alkyl halides is 6. The number of allylic oxidation sites excluding steroid dienone is 1. The molecule has 14 heteroatoms. The second kappa shape index (κ2) is 11.0. The Balaban J connectivity index is 1.90. The summed E-state index contributed by atoms with van der Waals surface area (Å²) in [5, 5.41) is 7.14. The summed E-state index contributed by atoms with van der Waals surface area (Å²) in [6.45, 7) is -0.751. The van der Waals surface area contributed by atoms with Crippen LogP contribution in [-0.4, -0.2) is 41.0 Å². The van der Waals surface area contributed by atoms with Gasteiger partial charge in [-0.1, -0.05) is 42.5 Å². The molecule has 1 unspecified atom stereocenters. The number of ether oxygens (including phenoxy) is 3. The first-order valence-electron chi connectivity index (χ1n) is 11.5. The number of esters is 1.